The first-order valence-electron chi connectivity index (χ1n) is 9.36. The number of benzene rings is 2. The van der Waals surface area contributed by atoms with Gasteiger partial charge in [0.2, 0.25) is 0 Å². The number of hydrogen-bond acceptors (Lipinski definition) is 6. The Bertz CT molecular complexity index is 965. The molecule has 7 nitrogen and oxygen atoms in total. The monoisotopic (exact) mass is 410 g/mol. The summed E-state index contributed by atoms with van der Waals surface area (Å²) in [5, 5.41) is 2.81. The van der Waals surface area contributed by atoms with Crippen LogP contribution in [0.2, 0.25) is 0 Å². The van der Waals surface area contributed by atoms with Crippen LogP contribution in [0.4, 0.5) is 15.9 Å². The highest BCUT2D eigenvalue weighted by atomic mass is 19.1. The van der Waals surface area contributed by atoms with Gasteiger partial charge in [-0.3, -0.25) is 4.79 Å². The topological polar surface area (TPSA) is 76.6 Å². The summed E-state index contributed by atoms with van der Waals surface area (Å²) < 4.78 is 23.5. The highest BCUT2D eigenvalue weighted by molar-refractivity contribution is 6.03. The van der Waals surface area contributed by atoms with Crippen molar-refractivity contribution in [2.24, 2.45) is 0 Å². The van der Waals surface area contributed by atoms with Crippen molar-refractivity contribution in [2.75, 3.05) is 37.6 Å². The number of carbonyl (C=O) groups excluding carboxylic acids is 1. The number of carbonyl (C=O) groups is 1. The van der Waals surface area contributed by atoms with Crippen LogP contribution < -0.4 is 15.0 Å². The third-order valence-electron chi connectivity index (χ3n) is 4.28. The van der Waals surface area contributed by atoms with Crippen molar-refractivity contribution in [2.45, 2.75) is 6.54 Å². The minimum atomic E-state index is -0.345. The number of halogens is 1. The van der Waals surface area contributed by atoms with Crippen molar-refractivity contribution >= 4 is 17.4 Å². The van der Waals surface area contributed by atoms with Crippen LogP contribution in [-0.4, -0.2) is 43.2 Å². The number of rotatable bonds is 9. The molecule has 2 aromatic carbocycles. The first kappa shape index (κ1) is 21.2. The van der Waals surface area contributed by atoms with E-state index in [1.165, 1.54) is 18.5 Å². The molecule has 3 rings (SSSR count). The first-order valence-corrected chi connectivity index (χ1v) is 9.36. The molecular formula is C22H23FN4O3. The molecule has 0 aliphatic carbocycles. The van der Waals surface area contributed by atoms with Crippen molar-refractivity contribution in [1.29, 1.82) is 0 Å². The van der Waals surface area contributed by atoms with Gasteiger partial charge in [-0.15, -0.1) is 0 Å². The minimum Gasteiger partial charge on any atom is -0.491 e. The van der Waals surface area contributed by atoms with Gasteiger partial charge in [-0.25, -0.2) is 14.4 Å². The predicted octanol–water partition coefficient (Wildman–Crippen LogP) is 3.53. The molecule has 0 aliphatic rings. The minimum absolute atomic E-state index is 0.242. The average Bonchev–Trinajstić information content (AvgIpc) is 2.77. The summed E-state index contributed by atoms with van der Waals surface area (Å²) in [5.74, 6) is 0.650. The van der Waals surface area contributed by atoms with Gasteiger partial charge in [-0.2, -0.15) is 0 Å². The molecule has 1 aromatic heterocycles. The second-order valence-electron chi connectivity index (χ2n) is 6.56. The van der Waals surface area contributed by atoms with Crippen LogP contribution in [0.3, 0.4) is 0 Å². The van der Waals surface area contributed by atoms with Crippen LogP contribution in [0.25, 0.3) is 0 Å². The van der Waals surface area contributed by atoms with Gasteiger partial charge in [0.1, 0.15) is 36.0 Å². The van der Waals surface area contributed by atoms with E-state index in [1.807, 2.05) is 11.9 Å². The SMILES string of the molecule is COCCOc1ccc(NC(=O)c2cc(N(C)Cc3ccc(F)cc3)ncn2)cc1. The van der Waals surface area contributed by atoms with Gasteiger partial charge in [0, 0.05) is 32.5 Å². The van der Waals surface area contributed by atoms with Gasteiger partial charge >= 0.3 is 0 Å². The van der Waals surface area contributed by atoms with Crippen LogP contribution >= 0.6 is 0 Å². The summed E-state index contributed by atoms with van der Waals surface area (Å²) in [4.78, 5) is 22.7. The maximum Gasteiger partial charge on any atom is 0.274 e. The Morgan fingerprint density at radius 3 is 2.50 bits per heavy atom. The van der Waals surface area contributed by atoms with Gasteiger partial charge in [-0.05, 0) is 42.0 Å². The quantitative estimate of drug-likeness (QED) is 0.544. The molecule has 0 spiro atoms. The molecule has 0 bridgehead atoms. The van der Waals surface area contributed by atoms with Crippen molar-refractivity contribution in [3.8, 4) is 5.75 Å². The molecule has 30 heavy (non-hydrogen) atoms. The predicted molar refractivity (Wildman–Crippen MR) is 112 cm³/mol. The number of nitrogens with zero attached hydrogens (tertiary/aromatic N) is 3. The highest BCUT2D eigenvalue weighted by Crippen LogP contribution is 2.18. The fourth-order valence-corrected chi connectivity index (χ4v) is 2.70. The van der Waals surface area contributed by atoms with Gasteiger partial charge in [-0.1, -0.05) is 12.1 Å². The first-order chi connectivity index (χ1) is 14.5. The average molecular weight is 410 g/mol. The third kappa shape index (κ3) is 5.99. The molecular weight excluding hydrogens is 387 g/mol. The molecule has 0 unspecified atom stereocenters. The molecule has 1 heterocycles. The van der Waals surface area contributed by atoms with Gasteiger partial charge < -0.3 is 19.7 Å². The Kier molecular flexibility index (Phi) is 7.29. The number of nitrogens with one attached hydrogen (secondary N) is 1. The van der Waals surface area contributed by atoms with E-state index in [0.29, 0.717) is 37.0 Å². The molecule has 8 heteroatoms. The Morgan fingerprint density at radius 1 is 1.07 bits per heavy atom. The Labute approximate surface area is 174 Å². The second-order valence-corrected chi connectivity index (χ2v) is 6.56. The van der Waals surface area contributed by atoms with E-state index in [9.17, 15) is 9.18 Å². The zero-order valence-corrected chi connectivity index (χ0v) is 16.8. The largest absolute Gasteiger partial charge is 0.491 e. The molecule has 3 aromatic rings. The molecule has 0 radical (unpaired) electrons. The summed E-state index contributed by atoms with van der Waals surface area (Å²) in [5.41, 5.74) is 1.79. The maximum atomic E-state index is 13.1. The number of aromatic nitrogens is 2. The molecule has 0 saturated heterocycles. The van der Waals surface area contributed by atoms with E-state index >= 15 is 0 Å². The maximum absolute atomic E-state index is 13.1. The lowest BCUT2D eigenvalue weighted by Crippen LogP contribution is -2.20. The number of anilines is 2. The van der Waals surface area contributed by atoms with Crippen LogP contribution in [0.15, 0.2) is 60.9 Å². The van der Waals surface area contributed by atoms with Crippen molar-refractivity contribution < 1.29 is 18.7 Å². The van der Waals surface area contributed by atoms with E-state index in [-0.39, 0.29) is 17.4 Å². The fraction of sp³-hybridized carbons (Fsp3) is 0.227. The Morgan fingerprint density at radius 2 is 1.80 bits per heavy atom. The summed E-state index contributed by atoms with van der Waals surface area (Å²) >= 11 is 0. The smallest absolute Gasteiger partial charge is 0.274 e. The van der Waals surface area contributed by atoms with Crippen LogP contribution in [0.1, 0.15) is 16.1 Å². The van der Waals surface area contributed by atoms with Gasteiger partial charge in [0.05, 0.1) is 6.61 Å². The van der Waals surface area contributed by atoms with Crippen molar-refractivity contribution in [3.63, 3.8) is 0 Å². The zero-order chi connectivity index (χ0) is 21.3. The lowest BCUT2D eigenvalue weighted by Gasteiger charge is -2.18. The Hall–Kier alpha value is -3.52. The lowest BCUT2D eigenvalue weighted by atomic mass is 10.2. The van der Waals surface area contributed by atoms with Crippen LogP contribution in [-0.2, 0) is 11.3 Å². The van der Waals surface area contributed by atoms with Crippen molar-refractivity contribution in [1.82, 2.24) is 9.97 Å². The second kappa shape index (κ2) is 10.3. The van der Waals surface area contributed by atoms with E-state index in [2.05, 4.69) is 15.3 Å². The summed E-state index contributed by atoms with van der Waals surface area (Å²) in [7, 11) is 3.46. The van der Waals surface area contributed by atoms with E-state index in [1.54, 1.807) is 49.6 Å². The number of ether oxygens (including phenoxy) is 2. The third-order valence-corrected chi connectivity index (χ3v) is 4.28. The van der Waals surface area contributed by atoms with E-state index < -0.39 is 0 Å². The summed E-state index contributed by atoms with van der Waals surface area (Å²) in [6, 6.07) is 14.9. The number of methoxy groups -OCH3 is 1. The molecule has 1 N–H and O–H groups in total. The number of hydrogen-bond donors (Lipinski definition) is 1. The molecule has 156 valence electrons. The number of amides is 1. The normalized spacial score (nSPS) is 10.5. The van der Waals surface area contributed by atoms with Crippen molar-refractivity contribution in [3.05, 3.63) is 78.0 Å². The van der Waals surface area contributed by atoms with Gasteiger partial charge in [0.25, 0.3) is 5.91 Å². The fourth-order valence-electron chi connectivity index (χ4n) is 2.70. The summed E-state index contributed by atoms with van der Waals surface area (Å²) in [6.45, 7) is 1.48. The molecule has 0 saturated carbocycles. The molecule has 0 atom stereocenters. The highest BCUT2D eigenvalue weighted by Gasteiger charge is 2.12. The molecule has 0 fully saturated rings. The molecule has 0 aliphatic heterocycles. The Balaban J connectivity index is 1.61. The lowest BCUT2D eigenvalue weighted by molar-refractivity contribution is 0.102. The zero-order valence-electron chi connectivity index (χ0n) is 16.8. The molecule has 1 amide bonds. The van der Waals surface area contributed by atoms with E-state index in [0.717, 1.165) is 5.56 Å². The van der Waals surface area contributed by atoms with Crippen LogP contribution in [0.5, 0.6) is 5.75 Å². The summed E-state index contributed by atoms with van der Waals surface area (Å²) in [6.07, 6.45) is 1.35. The van der Waals surface area contributed by atoms with Gasteiger partial charge in [0.15, 0.2) is 0 Å². The standard InChI is InChI=1S/C22H23FN4O3/c1-27(14-16-3-5-17(23)6-4-16)21-13-20(24-15-25-21)22(28)26-18-7-9-19(10-8-18)30-12-11-29-2/h3-10,13,15H,11-12,14H2,1-2H3,(H,26,28). The van der Waals surface area contributed by atoms with Crippen LogP contribution in [0, 0.1) is 5.82 Å². The van der Waals surface area contributed by atoms with E-state index in [4.69, 9.17) is 9.47 Å².